The molecule has 0 saturated heterocycles. The van der Waals surface area contributed by atoms with Gasteiger partial charge < -0.3 is 9.84 Å². The Morgan fingerprint density at radius 2 is 1.65 bits per heavy atom. The number of halogens is 4. The summed E-state index contributed by atoms with van der Waals surface area (Å²) in [6, 6.07) is 6.75. The third-order valence-electron chi connectivity index (χ3n) is 2.62. The maximum absolute atomic E-state index is 13.2. The first-order chi connectivity index (χ1) is 9.38. The molecule has 0 amide bonds. The molecule has 0 heterocycles. The van der Waals surface area contributed by atoms with Crippen molar-refractivity contribution in [2.75, 3.05) is 0 Å². The van der Waals surface area contributed by atoms with Gasteiger partial charge >= 0.3 is 0 Å². The van der Waals surface area contributed by atoms with Gasteiger partial charge in [0.2, 0.25) is 0 Å². The van der Waals surface area contributed by atoms with E-state index in [1.54, 1.807) is 0 Å². The van der Waals surface area contributed by atoms with Gasteiger partial charge in [-0.3, -0.25) is 0 Å². The van der Waals surface area contributed by atoms with Gasteiger partial charge in [-0.25, -0.2) is 4.39 Å². The summed E-state index contributed by atoms with van der Waals surface area (Å²) >= 11 is 17.7. The van der Waals surface area contributed by atoms with Crippen LogP contribution in [0.1, 0.15) is 18.6 Å². The van der Waals surface area contributed by atoms with Crippen LogP contribution in [-0.4, -0.2) is 5.11 Å². The zero-order valence-electron chi connectivity index (χ0n) is 10.3. The number of aliphatic hydroxyl groups is 1. The topological polar surface area (TPSA) is 29.5 Å². The van der Waals surface area contributed by atoms with Crippen LogP contribution < -0.4 is 4.74 Å². The quantitative estimate of drug-likeness (QED) is 0.736. The Labute approximate surface area is 130 Å². The SMILES string of the molecule is C[C@H](O)c1cc(F)ccc1Oc1cc(Cl)c(Cl)cc1Cl. The Kier molecular flexibility index (Phi) is 4.76. The van der Waals surface area contributed by atoms with Crippen molar-refractivity contribution in [1.82, 2.24) is 0 Å². The van der Waals surface area contributed by atoms with Crippen LogP contribution in [0.25, 0.3) is 0 Å². The van der Waals surface area contributed by atoms with Crippen molar-refractivity contribution in [2.24, 2.45) is 0 Å². The first-order valence-electron chi connectivity index (χ1n) is 5.68. The lowest BCUT2D eigenvalue weighted by Gasteiger charge is -2.14. The molecule has 2 rings (SSSR count). The lowest BCUT2D eigenvalue weighted by atomic mass is 10.1. The zero-order valence-corrected chi connectivity index (χ0v) is 12.6. The minimum Gasteiger partial charge on any atom is -0.455 e. The van der Waals surface area contributed by atoms with Crippen LogP contribution >= 0.6 is 34.8 Å². The molecule has 20 heavy (non-hydrogen) atoms. The molecule has 0 saturated carbocycles. The minimum absolute atomic E-state index is 0.264. The van der Waals surface area contributed by atoms with Crippen molar-refractivity contribution in [2.45, 2.75) is 13.0 Å². The lowest BCUT2D eigenvalue weighted by molar-refractivity contribution is 0.195. The fourth-order valence-corrected chi connectivity index (χ4v) is 2.22. The Morgan fingerprint density at radius 1 is 1.00 bits per heavy atom. The third kappa shape index (κ3) is 3.36. The molecule has 0 radical (unpaired) electrons. The summed E-state index contributed by atoms with van der Waals surface area (Å²) in [5.74, 6) is 0.102. The average Bonchev–Trinajstić information content (AvgIpc) is 2.37. The molecule has 2 aromatic carbocycles. The van der Waals surface area contributed by atoms with Gasteiger partial charge in [0.05, 0.1) is 21.2 Å². The van der Waals surface area contributed by atoms with Gasteiger partial charge in [-0.1, -0.05) is 34.8 Å². The van der Waals surface area contributed by atoms with E-state index in [9.17, 15) is 9.50 Å². The summed E-state index contributed by atoms with van der Waals surface area (Å²) in [5.41, 5.74) is 0.312. The van der Waals surface area contributed by atoms with E-state index < -0.39 is 11.9 Å². The third-order valence-corrected chi connectivity index (χ3v) is 3.63. The highest BCUT2D eigenvalue weighted by atomic mass is 35.5. The number of rotatable bonds is 3. The van der Waals surface area contributed by atoms with E-state index in [2.05, 4.69) is 0 Å². The van der Waals surface area contributed by atoms with Crippen LogP contribution in [0.2, 0.25) is 15.1 Å². The number of hydrogen-bond donors (Lipinski definition) is 1. The Hall–Kier alpha value is -1.000. The van der Waals surface area contributed by atoms with Crippen LogP contribution in [0.4, 0.5) is 4.39 Å². The van der Waals surface area contributed by atoms with Crippen LogP contribution in [0, 0.1) is 5.82 Å². The van der Waals surface area contributed by atoms with Crippen molar-refractivity contribution in [1.29, 1.82) is 0 Å². The molecule has 0 bridgehead atoms. The summed E-state index contributed by atoms with van der Waals surface area (Å²) in [7, 11) is 0. The summed E-state index contributed by atoms with van der Waals surface area (Å²) < 4.78 is 18.8. The average molecular weight is 336 g/mol. The Bertz CT molecular complexity index is 645. The van der Waals surface area contributed by atoms with Crippen LogP contribution in [-0.2, 0) is 0 Å². The summed E-state index contributed by atoms with van der Waals surface area (Å²) in [5, 5.41) is 10.5. The van der Waals surface area contributed by atoms with Gasteiger partial charge in [-0.2, -0.15) is 0 Å². The molecule has 0 aliphatic heterocycles. The standard InChI is InChI=1S/C14H10Cl3FO2/c1-7(19)9-4-8(18)2-3-13(9)20-14-6-11(16)10(15)5-12(14)17/h2-7,19H,1H3/t7-/m0/s1. The van der Waals surface area contributed by atoms with Gasteiger partial charge in [0.25, 0.3) is 0 Å². The Balaban J connectivity index is 2.42. The molecule has 6 heteroatoms. The highest BCUT2D eigenvalue weighted by molar-refractivity contribution is 6.43. The second-order valence-electron chi connectivity index (χ2n) is 4.16. The van der Waals surface area contributed by atoms with Crippen LogP contribution in [0.15, 0.2) is 30.3 Å². The summed E-state index contributed by atoms with van der Waals surface area (Å²) in [6.07, 6.45) is -0.887. The van der Waals surface area contributed by atoms with E-state index in [1.807, 2.05) is 0 Å². The fraction of sp³-hybridized carbons (Fsp3) is 0.143. The fourth-order valence-electron chi connectivity index (χ4n) is 1.64. The molecule has 0 fully saturated rings. The van der Waals surface area contributed by atoms with Gasteiger partial charge in [0, 0.05) is 11.6 Å². The molecule has 0 spiro atoms. The van der Waals surface area contributed by atoms with E-state index in [4.69, 9.17) is 39.5 Å². The molecule has 0 aliphatic carbocycles. The van der Waals surface area contributed by atoms with Crippen LogP contribution in [0.3, 0.4) is 0 Å². The molecular formula is C14H10Cl3FO2. The second kappa shape index (κ2) is 6.19. The molecule has 0 unspecified atom stereocenters. The maximum Gasteiger partial charge on any atom is 0.147 e. The summed E-state index contributed by atoms with van der Waals surface area (Å²) in [6.45, 7) is 1.51. The molecule has 0 aliphatic rings. The smallest absolute Gasteiger partial charge is 0.147 e. The van der Waals surface area contributed by atoms with Crippen molar-refractivity contribution >= 4 is 34.8 Å². The molecular weight excluding hydrogens is 326 g/mol. The van der Waals surface area contributed by atoms with Crippen molar-refractivity contribution < 1.29 is 14.2 Å². The van der Waals surface area contributed by atoms with E-state index in [1.165, 1.54) is 37.3 Å². The second-order valence-corrected chi connectivity index (χ2v) is 5.38. The molecule has 1 atom stereocenters. The van der Waals surface area contributed by atoms with Gasteiger partial charge in [0.1, 0.15) is 17.3 Å². The summed E-state index contributed by atoms with van der Waals surface area (Å²) in [4.78, 5) is 0. The number of benzene rings is 2. The number of ether oxygens (including phenoxy) is 1. The minimum atomic E-state index is -0.887. The molecule has 0 aromatic heterocycles. The monoisotopic (exact) mass is 334 g/mol. The molecule has 106 valence electrons. The largest absolute Gasteiger partial charge is 0.455 e. The van der Waals surface area contributed by atoms with E-state index in [0.717, 1.165) is 0 Å². The molecule has 1 N–H and O–H groups in total. The molecule has 2 aromatic rings. The first-order valence-corrected chi connectivity index (χ1v) is 6.82. The first kappa shape index (κ1) is 15.4. The Morgan fingerprint density at radius 3 is 2.30 bits per heavy atom. The highest BCUT2D eigenvalue weighted by Crippen LogP contribution is 2.38. The van der Waals surface area contributed by atoms with Crippen molar-refractivity contribution in [3.8, 4) is 11.5 Å². The highest BCUT2D eigenvalue weighted by Gasteiger charge is 2.14. The predicted molar refractivity (Wildman–Crippen MR) is 78.6 cm³/mol. The maximum atomic E-state index is 13.2. The van der Waals surface area contributed by atoms with Crippen molar-refractivity contribution in [3.63, 3.8) is 0 Å². The van der Waals surface area contributed by atoms with Crippen LogP contribution in [0.5, 0.6) is 11.5 Å². The lowest BCUT2D eigenvalue weighted by Crippen LogP contribution is -1.97. The van der Waals surface area contributed by atoms with E-state index >= 15 is 0 Å². The zero-order chi connectivity index (χ0) is 14.9. The van der Waals surface area contributed by atoms with Gasteiger partial charge in [0.15, 0.2) is 0 Å². The number of hydrogen-bond acceptors (Lipinski definition) is 2. The van der Waals surface area contributed by atoms with E-state index in [0.29, 0.717) is 16.3 Å². The van der Waals surface area contributed by atoms with E-state index in [-0.39, 0.29) is 15.8 Å². The van der Waals surface area contributed by atoms with Gasteiger partial charge in [-0.15, -0.1) is 0 Å². The van der Waals surface area contributed by atoms with Gasteiger partial charge in [-0.05, 0) is 31.2 Å². The number of aliphatic hydroxyl groups excluding tert-OH is 1. The van der Waals surface area contributed by atoms with Crippen molar-refractivity contribution in [3.05, 3.63) is 56.8 Å². The predicted octanol–water partition coefficient (Wildman–Crippen LogP) is 5.63. The normalized spacial score (nSPS) is 12.3. The molecule has 2 nitrogen and oxygen atoms in total.